The van der Waals surface area contributed by atoms with Crippen LogP contribution in [0.2, 0.25) is 0 Å². The van der Waals surface area contributed by atoms with E-state index in [9.17, 15) is 19.7 Å². The van der Waals surface area contributed by atoms with Crippen molar-refractivity contribution in [2.24, 2.45) is 5.92 Å². The highest BCUT2D eigenvalue weighted by Crippen LogP contribution is 2.28. The monoisotopic (exact) mass is 291 g/mol. The van der Waals surface area contributed by atoms with Crippen molar-refractivity contribution >= 4 is 23.6 Å². The lowest BCUT2D eigenvalue weighted by Crippen LogP contribution is -2.39. The third-order valence-electron chi connectivity index (χ3n) is 3.80. The maximum Gasteiger partial charge on any atom is 0.270 e. The van der Waals surface area contributed by atoms with Crippen molar-refractivity contribution in [3.05, 3.63) is 33.9 Å². The van der Waals surface area contributed by atoms with Gasteiger partial charge in [0.2, 0.25) is 5.91 Å². The Bertz CT molecular complexity index is 565. The van der Waals surface area contributed by atoms with Crippen LogP contribution in [0.15, 0.2) is 18.2 Å². The first-order chi connectivity index (χ1) is 10.1. The Morgan fingerprint density at radius 3 is 2.62 bits per heavy atom. The van der Waals surface area contributed by atoms with E-state index in [0.29, 0.717) is 43.5 Å². The molecule has 0 aromatic heterocycles. The van der Waals surface area contributed by atoms with Crippen LogP contribution in [0, 0.1) is 16.0 Å². The fourth-order valence-corrected chi connectivity index (χ4v) is 2.62. The lowest BCUT2D eigenvalue weighted by molar-refractivity contribution is -0.384. The molecular weight excluding hydrogens is 274 g/mol. The van der Waals surface area contributed by atoms with E-state index in [1.165, 1.54) is 12.1 Å². The van der Waals surface area contributed by atoms with Gasteiger partial charge in [0.25, 0.3) is 5.69 Å². The minimum absolute atomic E-state index is 0.0102. The van der Waals surface area contributed by atoms with Gasteiger partial charge in [-0.1, -0.05) is 0 Å². The Kier molecular flexibility index (Phi) is 4.52. The molecule has 1 aromatic carbocycles. The summed E-state index contributed by atoms with van der Waals surface area (Å²) in [7, 11) is 1.62. The van der Waals surface area contributed by atoms with Gasteiger partial charge in [-0.2, -0.15) is 0 Å². The lowest BCUT2D eigenvalue weighted by atomic mass is 9.95. The SMILES string of the molecule is CNC(=O)C1CCN(c2ccc([N+](=O)[O-])cc2C=O)CC1. The number of nitro benzene ring substituents is 1. The molecule has 1 aliphatic heterocycles. The van der Waals surface area contributed by atoms with Gasteiger partial charge < -0.3 is 10.2 Å². The van der Waals surface area contributed by atoms with Gasteiger partial charge in [0.05, 0.1) is 4.92 Å². The lowest BCUT2D eigenvalue weighted by Gasteiger charge is -2.33. The van der Waals surface area contributed by atoms with Crippen LogP contribution < -0.4 is 10.2 Å². The Hall–Kier alpha value is -2.44. The molecule has 0 saturated carbocycles. The van der Waals surface area contributed by atoms with E-state index in [0.717, 1.165) is 0 Å². The second-order valence-electron chi connectivity index (χ2n) is 4.99. The maximum atomic E-state index is 11.6. The normalized spacial score (nSPS) is 15.6. The summed E-state index contributed by atoms with van der Waals surface area (Å²) in [6.45, 7) is 1.30. The largest absolute Gasteiger partial charge is 0.371 e. The van der Waals surface area contributed by atoms with Crippen LogP contribution in [-0.4, -0.2) is 37.3 Å². The van der Waals surface area contributed by atoms with Crippen LogP contribution in [0.4, 0.5) is 11.4 Å². The minimum Gasteiger partial charge on any atom is -0.371 e. The topological polar surface area (TPSA) is 92.6 Å². The highest BCUT2D eigenvalue weighted by Gasteiger charge is 2.25. The van der Waals surface area contributed by atoms with Gasteiger partial charge in [-0.25, -0.2) is 0 Å². The summed E-state index contributed by atoms with van der Waals surface area (Å²) in [5.74, 6) is 0.0259. The summed E-state index contributed by atoms with van der Waals surface area (Å²) in [5, 5.41) is 13.4. The number of carbonyl (C=O) groups is 2. The molecule has 1 amide bonds. The molecule has 1 N–H and O–H groups in total. The van der Waals surface area contributed by atoms with Crippen LogP contribution in [-0.2, 0) is 4.79 Å². The molecule has 2 rings (SSSR count). The molecule has 0 atom stereocenters. The van der Waals surface area contributed by atoms with Crippen molar-refractivity contribution in [3.8, 4) is 0 Å². The number of benzene rings is 1. The second kappa shape index (κ2) is 6.34. The first-order valence-electron chi connectivity index (χ1n) is 6.77. The molecule has 1 saturated heterocycles. The van der Waals surface area contributed by atoms with Crippen molar-refractivity contribution in [2.45, 2.75) is 12.8 Å². The van der Waals surface area contributed by atoms with Crippen LogP contribution in [0.25, 0.3) is 0 Å². The van der Waals surface area contributed by atoms with E-state index < -0.39 is 4.92 Å². The zero-order chi connectivity index (χ0) is 15.4. The second-order valence-corrected chi connectivity index (χ2v) is 4.99. The van der Waals surface area contributed by atoms with Crippen molar-refractivity contribution in [1.29, 1.82) is 0 Å². The fourth-order valence-electron chi connectivity index (χ4n) is 2.62. The number of aldehydes is 1. The number of nitrogens with one attached hydrogen (secondary N) is 1. The number of anilines is 1. The summed E-state index contributed by atoms with van der Waals surface area (Å²) in [6, 6.07) is 4.28. The molecule has 21 heavy (non-hydrogen) atoms. The predicted octanol–water partition coefficient (Wildman–Crippen LogP) is 1.37. The summed E-state index contributed by atoms with van der Waals surface area (Å²) in [5.41, 5.74) is 0.898. The standard InChI is InChI=1S/C14H17N3O4/c1-15-14(19)10-4-6-16(7-5-10)13-3-2-12(17(20)21)8-11(13)9-18/h2-3,8-10H,4-7H2,1H3,(H,15,19). The van der Waals surface area contributed by atoms with Crippen molar-refractivity contribution in [1.82, 2.24) is 5.32 Å². The molecule has 112 valence electrons. The molecule has 1 aromatic rings. The average molecular weight is 291 g/mol. The summed E-state index contributed by atoms with van der Waals surface area (Å²) in [4.78, 5) is 35.0. The number of hydrogen-bond acceptors (Lipinski definition) is 5. The molecule has 0 spiro atoms. The smallest absolute Gasteiger partial charge is 0.270 e. The van der Waals surface area contributed by atoms with Gasteiger partial charge >= 0.3 is 0 Å². The van der Waals surface area contributed by atoms with E-state index >= 15 is 0 Å². The highest BCUT2D eigenvalue weighted by atomic mass is 16.6. The van der Waals surface area contributed by atoms with Gasteiger partial charge in [-0.15, -0.1) is 0 Å². The average Bonchev–Trinajstić information content (AvgIpc) is 2.53. The molecule has 7 heteroatoms. The number of nitro groups is 1. The summed E-state index contributed by atoms with van der Waals surface area (Å²) >= 11 is 0. The Morgan fingerprint density at radius 1 is 1.43 bits per heavy atom. The highest BCUT2D eigenvalue weighted by molar-refractivity contribution is 5.86. The number of non-ortho nitro benzene ring substituents is 1. The number of rotatable bonds is 4. The first kappa shape index (κ1) is 15.0. The summed E-state index contributed by atoms with van der Waals surface area (Å²) in [6.07, 6.45) is 2.04. The number of carbonyl (C=O) groups excluding carboxylic acids is 2. The van der Waals surface area contributed by atoms with Crippen molar-refractivity contribution in [3.63, 3.8) is 0 Å². The predicted molar refractivity (Wildman–Crippen MR) is 77.5 cm³/mol. The molecule has 0 radical (unpaired) electrons. The van der Waals surface area contributed by atoms with Gasteiger partial charge in [-0.05, 0) is 18.9 Å². The van der Waals surface area contributed by atoms with E-state index in [-0.39, 0.29) is 17.5 Å². The summed E-state index contributed by atoms with van der Waals surface area (Å²) < 4.78 is 0. The van der Waals surface area contributed by atoms with E-state index in [4.69, 9.17) is 0 Å². The number of amides is 1. The maximum absolute atomic E-state index is 11.6. The molecule has 1 aliphatic rings. The Balaban J connectivity index is 2.15. The van der Waals surface area contributed by atoms with Crippen LogP contribution in [0.1, 0.15) is 23.2 Å². The van der Waals surface area contributed by atoms with Gasteiger partial charge in [0, 0.05) is 49.4 Å². The van der Waals surface area contributed by atoms with E-state index in [2.05, 4.69) is 5.32 Å². The van der Waals surface area contributed by atoms with Gasteiger partial charge in [0.1, 0.15) is 0 Å². The molecular formula is C14H17N3O4. The molecule has 1 heterocycles. The van der Waals surface area contributed by atoms with Crippen molar-refractivity contribution < 1.29 is 14.5 Å². The first-order valence-corrected chi connectivity index (χ1v) is 6.77. The molecule has 7 nitrogen and oxygen atoms in total. The van der Waals surface area contributed by atoms with Crippen LogP contribution >= 0.6 is 0 Å². The van der Waals surface area contributed by atoms with E-state index in [1.807, 2.05) is 4.90 Å². The van der Waals surface area contributed by atoms with Crippen LogP contribution in [0.3, 0.4) is 0 Å². The zero-order valence-corrected chi connectivity index (χ0v) is 11.7. The Labute approximate surface area is 122 Å². The molecule has 0 aliphatic carbocycles. The molecule has 0 bridgehead atoms. The third-order valence-corrected chi connectivity index (χ3v) is 3.80. The Morgan fingerprint density at radius 2 is 2.10 bits per heavy atom. The number of nitrogens with zero attached hydrogens (tertiary/aromatic N) is 2. The third kappa shape index (κ3) is 3.18. The quantitative estimate of drug-likeness (QED) is 0.514. The van der Waals surface area contributed by atoms with E-state index in [1.54, 1.807) is 13.1 Å². The molecule has 0 unspecified atom stereocenters. The number of piperidine rings is 1. The number of hydrogen-bond donors (Lipinski definition) is 1. The zero-order valence-electron chi connectivity index (χ0n) is 11.7. The van der Waals surface area contributed by atoms with Gasteiger partial charge in [-0.3, -0.25) is 19.7 Å². The van der Waals surface area contributed by atoms with Gasteiger partial charge in [0.15, 0.2) is 6.29 Å². The van der Waals surface area contributed by atoms with Crippen molar-refractivity contribution in [2.75, 3.05) is 25.0 Å². The minimum atomic E-state index is -0.519. The fraction of sp³-hybridized carbons (Fsp3) is 0.429. The van der Waals surface area contributed by atoms with Crippen LogP contribution in [0.5, 0.6) is 0 Å². The molecule has 1 fully saturated rings.